The minimum absolute atomic E-state index is 0.126. The van der Waals surface area contributed by atoms with Crippen LogP contribution in [-0.2, 0) is 0 Å². The van der Waals surface area contributed by atoms with Gasteiger partial charge in [-0.05, 0) is 13.0 Å². The van der Waals surface area contributed by atoms with Crippen molar-refractivity contribution in [1.82, 2.24) is 5.32 Å². The number of rotatable bonds is 5. The van der Waals surface area contributed by atoms with Gasteiger partial charge in [0, 0.05) is 32.8 Å². The molecule has 8 heteroatoms. The molecule has 0 radical (unpaired) electrons. The van der Waals surface area contributed by atoms with Gasteiger partial charge >= 0.3 is 0 Å². The first kappa shape index (κ1) is 16.6. The maximum absolute atomic E-state index is 12.1. The number of nitro groups is 1. The van der Waals surface area contributed by atoms with Gasteiger partial charge in [0.2, 0.25) is 0 Å². The standard InChI is InChI=1S/C11H11Br3N2O3/c1-11(5-12,6-13)15-10(17)7-2-8(14)4-9(3-7)16(18)19/h2-4H,5-6H2,1H3,(H,15,17). The molecule has 19 heavy (non-hydrogen) atoms. The highest BCUT2D eigenvalue weighted by Crippen LogP contribution is 2.22. The van der Waals surface area contributed by atoms with Crippen molar-refractivity contribution in [1.29, 1.82) is 0 Å². The number of nitrogens with zero attached hydrogens (tertiary/aromatic N) is 1. The van der Waals surface area contributed by atoms with Crippen molar-refractivity contribution in [2.24, 2.45) is 0 Å². The quantitative estimate of drug-likeness (QED) is 0.416. The molecule has 104 valence electrons. The van der Waals surface area contributed by atoms with Gasteiger partial charge in [-0.1, -0.05) is 47.8 Å². The number of nitrogens with one attached hydrogen (secondary N) is 1. The summed E-state index contributed by atoms with van der Waals surface area (Å²) in [6.45, 7) is 1.86. The zero-order chi connectivity index (χ0) is 14.6. The Bertz CT molecular complexity index is 504. The number of alkyl halides is 2. The highest BCUT2D eigenvalue weighted by molar-refractivity contribution is 9.10. The predicted octanol–water partition coefficient (Wildman–Crippen LogP) is 3.64. The molecule has 5 nitrogen and oxygen atoms in total. The van der Waals surface area contributed by atoms with E-state index in [1.165, 1.54) is 12.1 Å². The van der Waals surface area contributed by atoms with Gasteiger partial charge in [0.25, 0.3) is 11.6 Å². The fourth-order valence-electron chi connectivity index (χ4n) is 1.26. The van der Waals surface area contributed by atoms with Crippen LogP contribution in [0.1, 0.15) is 17.3 Å². The lowest BCUT2D eigenvalue weighted by molar-refractivity contribution is -0.385. The van der Waals surface area contributed by atoms with Gasteiger partial charge in [-0.15, -0.1) is 0 Å². The summed E-state index contributed by atoms with van der Waals surface area (Å²) in [5, 5.41) is 14.7. The van der Waals surface area contributed by atoms with E-state index >= 15 is 0 Å². The van der Waals surface area contributed by atoms with Crippen molar-refractivity contribution in [2.75, 3.05) is 10.7 Å². The topological polar surface area (TPSA) is 72.2 Å². The molecule has 1 rings (SSSR count). The largest absolute Gasteiger partial charge is 0.345 e. The van der Waals surface area contributed by atoms with E-state index in [2.05, 4.69) is 53.1 Å². The summed E-state index contributed by atoms with van der Waals surface area (Å²) >= 11 is 9.81. The number of amides is 1. The second-order valence-corrected chi connectivity index (χ2v) is 6.27. The van der Waals surface area contributed by atoms with Gasteiger partial charge in [-0.25, -0.2) is 0 Å². The average molecular weight is 459 g/mol. The van der Waals surface area contributed by atoms with E-state index in [4.69, 9.17) is 0 Å². The fourth-order valence-corrected chi connectivity index (χ4v) is 2.95. The van der Waals surface area contributed by atoms with Gasteiger partial charge in [0.15, 0.2) is 0 Å². The highest BCUT2D eigenvalue weighted by atomic mass is 79.9. The lowest BCUT2D eigenvalue weighted by atomic mass is 10.1. The van der Waals surface area contributed by atoms with Crippen molar-refractivity contribution >= 4 is 59.4 Å². The van der Waals surface area contributed by atoms with E-state index in [1.807, 2.05) is 6.92 Å². The molecule has 0 bridgehead atoms. The zero-order valence-corrected chi connectivity index (χ0v) is 14.7. The third-order valence-corrected chi connectivity index (χ3v) is 5.29. The zero-order valence-electron chi connectivity index (χ0n) is 9.95. The maximum atomic E-state index is 12.1. The van der Waals surface area contributed by atoms with Crippen molar-refractivity contribution in [3.63, 3.8) is 0 Å². The molecule has 1 aromatic rings. The minimum Gasteiger partial charge on any atom is -0.345 e. The highest BCUT2D eigenvalue weighted by Gasteiger charge is 2.25. The predicted molar refractivity (Wildman–Crippen MR) is 84.3 cm³/mol. The molecule has 0 aliphatic heterocycles. The Morgan fingerprint density at radius 1 is 1.37 bits per heavy atom. The van der Waals surface area contributed by atoms with Crippen LogP contribution in [0.25, 0.3) is 0 Å². The van der Waals surface area contributed by atoms with Crippen LogP contribution in [0.15, 0.2) is 22.7 Å². The first-order valence-electron chi connectivity index (χ1n) is 5.21. The first-order chi connectivity index (χ1) is 8.81. The van der Waals surface area contributed by atoms with E-state index in [1.54, 1.807) is 6.07 Å². The molecule has 0 atom stereocenters. The maximum Gasteiger partial charge on any atom is 0.271 e. The van der Waals surface area contributed by atoms with Gasteiger partial charge in [0.05, 0.1) is 10.5 Å². The Hall–Kier alpha value is -0.470. The van der Waals surface area contributed by atoms with Crippen LogP contribution in [0.5, 0.6) is 0 Å². The Morgan fingerprint density at radius 3 is 2.42 bits per heavy atom. The van der Waals surface area contributed by atoms with Crippen LogP contribution in [0.4, 0.5) is 5.69 Å². The summed E-state index contributed by atoms with van der Waals surface area (Å²) in [5.74, 6) is -0.356. The number of non-ortho nitro benzene ring substituents is 1. The van der Waals surface area contributed by atoms with E-state index in [9.17, 15) is 14.9 Å². The number of halogens is 3. The number of carbonyl (C=O) groups excluding carboxylic acids is 1. The normalized spacial score (nSPS) is 11.2. The Kier molecular flexibility index (Phi) is 5.94. The summed E-state index contributed by atoms with van der Waals surface area (Å²) in [6, 6.07) is 4.15. The summed E-state index contributed by atoms with van der Waals surface area (Å²) in [7, 11) is 0. The molecular weight excluding hydrogens is 448 g/mol. The number of hydrogen-bond acceptors (Lipinski definition) is 3. The average Bonchev–Trinajstić information content (AvgIpc) is 2.37. The van der Waals surface area contributed by atoms with Crippen LogP contribution in [0.2, 0.25) is 0 Å². The molecule has 1 amide bonds. The minimum atomic E-state index is -0.532. The van der Waals surface area contributed by atoms with E-state index in [0.717, 1.165) is 0 Å². The smallest absolute Gasteiger partial charge is 0.271 e. The summed E-state index contributed by atoms with van der Waals surface area (Å²) in [6.07, 6.45) is 0. The molecule has 0 spiro atoms. The molecule has 0 heterocycles. The van der Waals surface area contributed by atoms with Crippen molar-refractivity contribution in [3.8, 4) is 0 Å². The molecule has 0 fully saturated rings. The van der Waals surface area contributed by atoms with Crippen LogP contribution in [0.3, 0.4) is 0 Å². The summed E-state index contributed by atoms with van der Waals surface area (Å²) < 4.78 is 0.492. The first-order valence-corrected chi connectivity index (χ1v) is 8.24. The van der Waals surface area contributed by atoms with Crippen LogP contribution < -0.4 is 5.32 Å². The number of carbonyl (C=O) groups is 1. The molecule has 0 aromatic heterocycles. The van der Waals surface area contributed by atoms with Crippen molar-refractivity contribution in [3.05, 3.63) is 38.3 Å². The molecule has 0 unspecified atom stereocenters. The van der Waals surface area contributed by atoms with Crippen molar-refractivity contribution < 1.29 is 9.72 Å². The number of benzene rings is 1. The number of nitro benzene ring substituents is 1. The molecule has 0 aliphatic rings. The molecule has 0 saturated carbocycles. The third kappa shape index (κ3) is 4.54. The molecule has 1 aromatic carbocycles. The SMILES string of the molecule is CC(CBr)(CBr)NC(=O)c1cc(Br)cc([N+](=O)[O-])c1. The fraction of sp³-hybridized carbons (Fsp3) is 0.364. The summed E-state index contributed by atoms with van der Waals surface area (Å²) in [5.41, 5.74) is -0.345. The second-order valence-electron chi connectivity index (χ2n) is 4.24. The monoisotopic (exact) mass is 456 g/mol. The molecule has 1 N–H and O–H groups in total. The lowest BCUT2D eigenvalue weighted by Crippen LogP contribution is -2.48. The van der Waals surface area contributed by atoms with Crippen LogP contribution >= 0.6 is 47.8 Å². The van der Waals surface area contributed by atoms with E-state index in [0.29, 0.717) is 15.1 Å². The Labute approximate surface area is 135 Å². The van der Waals surface area contributed by atoms with Crippen LogP contribution in [0, 0.1) is 10.1 Å². The molecular formula is C11H11Br3N2O3. The Morgan fingerprint density at radius 2 is 1.95 bits per heavy atom. The summed E-state index contributed by atoms with van der Waals surface area (Å²) in [4.78, 5) is 22.3. The van der Waals surface area contributed by atoms with E-state index < -0.39 is 10.5 Å². The molecule has 0 aliphatic carbocycles. The van der Waals surface area contributed by atoms with Gasteiger partial charge < -0.3 is 5.32 Å². The van der Waals surface area contributed by atoms with Crippen LogP contribution in [-0.4, -0.2) is 27.0 Å². The van der Waals surface area contributed by atoms with Gasteiger partial charge in [-0.3, -0.25) is 14.9 Å². The van der Waals surface area contributed by atoms with Gasteiger partial charge in [0.1, 0.15) is 0 Å². The third-order valence-electron chi connectivity index (χ3n) is 2.36. The van der Waals surface area contributed by atoms with Crippen molar-refractivity contribution in [2.45, 2.75) is 12.5 Å². The Balaban J connectivity index is 3.03. The number of hydrogen-bond donors (Lipinski definition) is 1. The lowest BCUT2D eigenvalue weighted by Gasteiger charge is -2.26. The molecule has 0 saturated heterocycles. The van der Waals surface area contributed by atoms with E-state index in [-0.39, 0.29) is 17.2 Å². The van der Waals surface area contributed by atoms with Gasteiger partial charge in [-0.2, -0.15) is 0 Å². The second kappa shape index (κ2) is 6.81.